The van der Waals surface area contributed by atoms with Crippen LogP contribution in [0.25, 0.3) is 0 Å². The van der Waals surface area contributed by atoms with E-state index in [9.17, 15) is 13.6 Å². The van der Waals surface area contributed by atoms with E-state index in [2.05, 4.69) is 0 Å². The summed E-state index contributed by atoms with van der Waals surface area (Å²) in [6.45, 7) is 15.6. The molecule has 7 heteroatoms. The van der Waals surface area contributed by atoms with Gasteiger partial charge in [-0.25, -0.2) is 0 Å². The molecule has 0 radical (unpaired) electrons. The third-order valence-electron chi connectivity index (χ3n) is 4.11. The fourth-order valence-corrected chi connectivity index (χ4v) is 6.22. The standard InChI is InChI=1S/C20H33O5PS/c1-10-24-26(22,25-11-2)18(27(9)23)15-12-14(19(3,4)5)13-16(17(15)21)20(6,7)8/h12-13H,10-11H2,1-9H3/b18-15+. The minimum atomic E-state index is -3.86. The molecule has 0 saturated heterocycles. The van der Waals surface area contributed by atoms with Crippen molar-refractivity contribution in [1.82, 2.24) is 0 Å². The third kappa shape index (κ3) is 5.60. The average molecular weight is 417 g/mol. The summed E-state index contributed by atoms with van der Waals surface area (Å²) in [5.41, 5.74) is 0.994. The molecule has 1 unspecified atom stereocenters. The molecular formula is C20H33O5PS. The fourth-order valence-electron chi connectivity index (χ4n) is 2.73. The monoisotopic (exact) mass is 416 g/mol. The van der Waals surface area contributed by atoms with Crippen LogP contribution in [0.4, 0.5) is 0 Å². The molecule has 1 aliphatic carbocycles. The van der Waals surface area contributed by atoms with Gasteiger partial charge in [0.15, 0.2) is 5.78 Å². The summed E-state index contributed by atoms with van der Waals surface area (Å²) in [7, 11) is -5.57. The van der Waals surface area contributed by atoms with Gasteiger partial charge >= 0.3 is 7.60 Å². The Kier molecular flexibility index (Phi) is 7.80. The molecular weight excluding hydrogens is 383 g/mol. The van der Waals surface area contributed by atoms with Crippen LogP contribution in [0.3, 0.4) is 0 Å². The molecule has 0 heterocycles. The molecule has 1 atom stereocenters. The van der Waals surface area contributed by atoms with Crippen molar-refractivity contribution >= 4 is 24.2 Å². The Bertz CT molecular complexity index is 750. The lowest BCUT2D eigenvalue weighted by molar-refractivity contribution is -0.112. The topological polar surface area (TPSA) is 69.7 Å². The highest BCUT2D eigenvalue weighted by Gasteiger charge is 2.40. The number of rotatable bonds is 6. The van der Waals surface area contributed by atoms with Gasteiger partial charge in [0.2, 0.25) is 0 Å². The summed E-state index contributed by atoms with van der Waals surface area (Å²) in [6, 6.07) is 0. The quantitative estimate of drug-likeness (QED) is 0.430. The van der Waals surface area contributed by atoms with E-state index in [0.717, 1.165) is 5.57 Å². The Hall–Kier alpha value is -0.810. The summed E-state index contributed by atoms with van der Waals surface area (Å²) < 4.78 is 36.8. The van der Waals surface area contributed by atoms with E-state index in [-0.39, 0.29) is 34.6 Å². The molecule has 0 saturated carbocycles. The summed E-state index contributed by atoms with van der Waals surface area (Å²) in [6.07, 6.45) is 4.99. The zero-order valence-electron chi connectivity index (χ0n) is 18.0. The predicted molar refractivity (Wildman–Crippen MR) is 112 cm³/mol. The van der Waals surface area contributed by atoms with Crippen LogP contribution in [0.1, 0.15) is 55.4 Å². The minimum absolute atomic E-state index is 0.0483. The number of ketones is 1. The van der Waals surface area contributed by atoms with Gasteiger partial charge in [-0.3, -0.25) is 13.6 Å². The lowest BCUT2D eigenvalue weighted by atomic mass is 9.74. The van der Waals surface area contributed by atoms with Crippen LogP contribution in [-0.2, 0) is 29.2 Å². The zero-order valence-corrected chi connectivity index (χ0v) is 19.7. The highest BCUT2D eigenvalue weighted by atomic mass is 32.2. The number of allylic oxidation sites excluding steroid dienone is 5. The van der Waals surface area contributed by atoms with Crippen LogP contribution in [-0.4, -0.2) is 29.5 Å². The Morgan fingerprint density at radius 3 is 1.81 bits per heavy atom. The first kappa shape index (κ1) is 24.2. The molecule has 1 rings (SSSR count). The van der Waals surface area contributed by atoms with Crippen molar-refractivity contribution in [3.8, 4) is 0 Å². The number of carbonyl (C=O) groups excluding carboxylic acids is 1. The highest BCUT2D eigenvalue weighted by molar-refractivity contribution is 7.98. The molecule has 0 aromatic rings. The fraction of sp³-hybridized carbons (Fsp3) is 0.650. The molecule has 154 valence electrons. The molecule has 0 fully saturated rings. The van der Waals surface area contributed by atoms with Gasteiger partial charge in [-0.1, -0.05) is 47.6 Å². The second-order valence-electron chi connectivity index (χ2n) is 8.49. The van der Waals surface area contributed by atoms with Crippen molar-refractivity contribution < 1.29 is 22.6 Å². The lowest BCUT2D eigenvalue weighted by Gasteiger charge is -2.31. The molecule has 5 nitrogen and oxygen atoms in total. The van der Waals surface area contributed by atoms with Crippen molar-refractivity contribution in [1.29, 1.82) is 0 Å². The second-order valence-corrected chi connectivity index (χ2v) is 12.1. The van der Waals surface area contributed by atoms with E-state index in [1.165, 1.54) is 6.26 Å². The largest absolute Gasteiger partial charge is 0.370 e. The van der Waals surface area contributed by atoms with Crippen LogP contribution in [0.5, 0.6) is 0 Å². The van der Waals surface area contributed by atoms with Gasteiger partial charge in [-0.2, -0.15) is 0 Å². The van der Waals surface area contributed by atoms with Crippen LogP contribution in [0, 0.1) is 10.8 Å². The Morgan fingerprint density at radius 1 is 1.00 bits per heavy atom. The second kappa shape index (κ2) is 8.69. The molecule has 0 N–H and O–H groups in total. The summed E-state index contributed by atoms with van der Waals surface area (Å²) in [5, 5.41) is 0. The molecule has 0 bridgehead atoms. The van der Waals surface area contributed by atoms with E-state index < -0.39 is 23.8 Å². The SMILES string of the molecule is CCOP(=O)(OCC)/C(=C1/C=C(C(C)(C)C)C=C(C(C)(C)C)C1=O)S(C)=O. The molecule has 0 aromatic heterocycles. The van der Waals surface area contributed by atoms with Crippen LogP contribution < -0.4 is 0 Å². The van der Waals surface area contributed by atoms with Gasteiger partial charge in [0.1, 0.15) is 4.65 Å². The third-order valence-corrected chi connectivity index (χ3v) is 8.25. The number of carbonyl (C=O) groups is 1. The van der Waals surface area contributed by atoms with Crippen LogP contribution in [0.2, 0.25) is 0 Å². The van der Waals surface area contributed by atoms with Gasteiger partial charge in [-0.15, -0.1) is 0 Å². The van der Waals surface area contributed by atoms with Crippen molar-refractivity contribution in [3.05, 3.63) is 33.5 Å². The molecule has 1 aliphatic rings. The van der Waals surface area contributed by atoms with E-state index >= 15 is 0 Å². The van der Waals surface area contributed by atoms with Crippen molar-refractivity contribution in [2.45, 2.75) is 55.4 Å². The van der Waals surface area contributed by atoms with Gasteiger partial charge in [0.05, 0.1) is 24.0 Å². The van der Waals surface area contributed by atoms with E-state index in [4.69, 9.17) is 9.05 Å². The average Bonchev–Trinajstić information content (AvgIpc) is 2.46. The maximum Gasteiger partial charge on any atom is 0.370 e. The molecule has 0 amide bonds. The van der Waals surface area contributed by atoms with E-state index in [0.29, 0.717) is 5.57 Å². The Labute approximate surface area is 166 Å². The maximum absolute atomic E-state index is 13.4. The summed E-state index contributed by atoms with van der Waals surface area (Å²) in [4.78, 5) is 13.3. The molecule has 0 aliphatic heterocycles. The first-order valence-corrected chi connectivity index (χ1v) is 12.3. The lowest BCUT2D eigenvalue weighted by Crippen LogP contribution is -2.26. The predicted octanol–water partition coefficient (Wildman–Crippen LogP) is 5.37. The highest BCUT2D eigenvalue weighted by Crippen LogP contribution is 2.59. The van der Waals surface area contributed by atoms with Crippen LogP contribution in [0.15, 0.2) is 33.5 Å². The summed E-state index contributed by atoms with van der Waals surface area (Å²) >= 11 is 0. The van der Waals surface area contributed by atoms with Crippen molar-refractivity contribution in [2.24, 2.45) is 10.8 Å². The van der Waals surface area contributed by atoms with Crippen LogP contribution >= 0.6 is 7.60 Å². The normalized spacial score (nSPS) is 19.5. The smallest absolute Gasteiger partial charge is 0.305 e. The van der Waals surface area contributed by atoms with Gasteiger partial charge in [-0.05, 0) is 36.3 Å². The van der Waals surface area contributed by atoms with Gasteiger partial charge in [0.25, 0.3) is 0 Å². The number of hydrogen-bond donors (Lipinski definition) is 0. The molecule has 0 spiro atoms. The first-order valence-electron chi connectivity index (χ1n) is 9.15. The number of hydrogen-bond acceptors (Lipinski definition) is 5. The maximum atomic E-state index is 13.4. The Balaban J connectivity index is 3.91. The van der Waals surface area contributed by atoms with Crippen molar-refractivity contribution in [2.75, 3.05) is 19.5 Å². The van der Waals surface area contributed by atoms with E-state index in [1.54, 1.807) is 19.9 Å². The van der Waals surface area contributed by atoms with Crippen molar-refractivity contribution in [3.63, 3.8) is 0 Å². The summed E-state index contributed by atoms with van der Waals surface area (Å²) in [5.74, 6) is -0.277. The Morgan fingerprint density at radius 2 is 1.48 bits per heavy atom. The number of Topliss-reactive ketones (excluding diaryl/α,β-unsaturated/α-hetero) is 1. The first-order chi connectivity index (χ1) is 12.2. The van der Waals surface area contributed by atoms with Gasteiger partial charge in [0, 0.05) is 17.4 Å². The van der Waals surface area contributed by atoms with Gasteiger partial charge < -0.3 is 9.05 Å². The van der Waals surface area contributed by atoms with E-state index in [1.807, 2.05) is 47.6 Å². The molecule has 0 aromatic carbocycles. The zero-order chi connectivity index (χ0) is 21.2. The minimum Gasteiger partial charge on any atom is -0.305 e. The molecule has 27 heavy (non-hydrogen) atoms.